The highest BCUT2D eigenvalue weighted by molar-refractivity contribution is 14.1. The first-order chi connectivity index (χ1) is 17.7. The number of amides is 2. The first kappa shape index (κ1) is 27.1. The molecule has 0 spiro atoms. The van der Waals surface area contributed by atoms with Gasteiger partial charge in [-0.3, -0.25) is 19.7 Å². The van der Waals surface area contributed by atoms with Crippen molar-refractivity contribution >= 4 is 57.5 Å². The fourth-order valence-corrected chi connectivity index (χ4v) is 3.82. The van der Waals surface area contributed by atoms with Gasteiger partial charge in [-0.15, -0.1) is 0 Å². The van der Waals surface area contributed by atoms with E-state index in [9.17, 15) is 29.4 Å². The normalized spacial score (nSPS) is 10.7. The monoisotopic (exact) mass is 616 g/mol. The molecule has 0 bridgehead atoms. The van der Waals surface area contributed by atoms with Gasteiger partial charge in [-0.2, -0.15) is 5.26 Å². The molecule has 0 heterocycles. The molecule has 0 aliphatic heterocycles. The van der Waals surface area contributed by atoms with Crippen LogP contribution >= 0.6 is 22.6 Å². The van der Waals surface area contributed by atoms with Gasteiger partial charge >= 0.3 is 0 Å². The van der Waals surface area contributed by atoms with Gasteiger partial charge in [-0.25, -0.2) is 4.39 Å². The van der Waals surface area contributed by atoms with Crippen molar-refractivity contribution in [3.05, 3.63) is 91.3 Å². The van der Waals surface area contributed by atoms with E-state index in [4.69, 9.17) is 9.47 Å². The number of nitrogens with zero attached hydrogens (tertiary/aromatic N) is 2. The van der Waals surface area contributed by atoms with E-state index < -0.39 is 22.6 Å². The van der Waals surface area contributed by atoms with Crippen LogP contribution in [0.2, 0.25) is 0 Å². The molecule has 3 rings (SSSR count). The first-order valence-electron chi connectivity index (χ1n) is 10.4. The Morgan fingerprint density at radius 2 is 1.86 bits per heavy atom. The van der Waals surface area contributed by atoms with Crippen molar-refractivity contribution in [3.63, 3.8) is 0 Å². The number of nitro benzene ring substituents is 1. The lowest BCUT2D eigenvalue weighted by Crippen LogP contribution is -2.20. The second-order valence-corrected chi connectivity index (χ2v) is 8.47. The molecule has 0 unspecified atom stereocenters. The summed E-state index contributed by atoms with van der Waals surface area (Å²) in [5, 5.41) is 25.5. The van der Waals surface area contributed by atoms with Crippen LogP contribution in [0.4, 0.5) is 21.5 Å². The van der Waals surface area contributed by atoms with E-state index in [1.54, 1.807) is 6.07 Å². The third-order valence-corrected chi connectivity index (χ3v) is 5.52. The minimum Gasteiger partial charge on any atom is -0.493 e. The number of carbonyl (C=O) groups excluding carboxylic acids is 2. The number of hydrogen-bond donors (Lipinski definition) is 2. The van der Waals surface area contributed by atoms with Gasteiger partial charge in [0, 0.05) is 23.5 Å². The van der Waals surface area contributed by atoms with Crippen molar-refractivity contribution in [2.24, 2.45) is 0 Å². The number of nitro groups is 1. The van der Waals surface area contributed by atoms with Gasteiger partial charge in [0.1, 0.15) is 17.5 Å². The molecule has 0 atom stereocenters. The van der Waals surface area contributed by atoms with Crippen LogP contribution in [0.25, 0.3) is 6.08 Å². The maximum atomic E-state index is 13.0. The van der Waals surface area contributed by atoms with Gasteiger partial charge < -0.3 is 20.1 Å². The number of carbonyl (C=O) groups is 2. The summed E-state index contributed by atoms with van der Waals surface area (Å²) >= 11 is 1.96. The van der Waals surface area contributed by atoms with Gasteiger partial charge in [0.15, 0.2) is 18.1 Å². The summed E-state index contributed by atoms with van der Waals surface area (Å²) in [6, 6.07) is 15.5. The zero-order chi connectivity index (χ0) is 26.9. The molecule has 12 heteroatoms. The summed E-state index contributed by atoms with van der Waals surface area (Å²) in [5.41, 5.74) is 0.549. The Labute approximate surface area is 224 Å². The van der Waals surface area contributed by atoms with Crippen molar-refractivity contribution in [1.82, 2.24) is 0 Å². The number of methoxy groups -OCH3 is 1. The van der Waals surface area contributed by atoms with Crippen molar-refractivity contribution in [2.75, 3.05) is 24.4 Å². The largest absolute Gasteiger partial charge is 0.493 e. The van der Waals surface area contributed by atoms with Crippen molar-refractivity contribution in [1.29, 1.82) is 5.26 Å². The van der Waals surface area contributed by atoms with E-state index in [0.29, 0.717) is 14.8 Å². The lowest BCUT2D eigenvalue weighted by molar-refractivity contribution is -0.384. The number of nitriles is 1. The molecule has 188 valence electrons. The second kappa shape index (κ2) is 12.5. The number of rotatable bonds is 9. The van der Waals surface area contributed by atoms with E-state index in [0.717, 1.165) is 0 Å². The average Bonchev–Trinajstić information content (AvgIpc) is 2.87. The van der Waals surface area contributed by atoms with Gasteiger partial charge in [0.2, 0.25) is 0 Å². The number of anilines is 2. The first-order valence-corrected chi connectivity index (χ1v) is 11.5. The Hall–Kier alpha value is -4.51. The number of nitrogens with one attached hydrogen (secondary N) is 2. The number of benzene rings is 3. The summed E-state index contributed by atoms with van der Waals surface area (Å²) in [5.74, 6) is -1.13. The third-order valence-electron chi connectivity index (χ3n) is 4.72. The van der Waals surface area contributed by atoms with Crippen LogP contribution in [-0.2, 0) is 9.59 Å². The Morgan fingerprint density at radius 3 is 2.51 bits per heavy atom. The fraction of sp³-hybridized carbons (Fsp3) is 0.0800. The zero-order valence-corrected chi connectivity index (χ0v) is 21.3. The summed E-state index contributed by atoms with van der Waals surface area (Å²) in [6.07, 6.45) is 1.32. The molecule has 2 N–H and O–H groups in total. The van der Waals surface area contributed by atoms with Gasteiger partial charge in [0.05, 0.1) is 15.6 Å². The second-order valence-electron chi connectivity index (χ2n) is 7.31. The smallest absolute Gasteiger partial charge is 0.271 e. The molecule has 0 aromatic heterocycles. The van der Waals surface area contributed by atoms with Crippen LogP contribution in [0.15, 0.2) is 66.2 Å². The van der Waals surface area contributed by atoms with Crippen LogP contribution < -0.4 is 20.1 Å². The fourth-order valence-electron chi connectivity index (χ4n) is 3.04. The third kappa shape index (κ3) is 7.48. The predicted molar refractivity (Wildman–Crippen MR) is 142 cm³/mol. The number of halogens is 2. The van der Waals surface area contributed by atoms with Gasteiger partial charge in [-0.1, -0.05) is 6.07 Å². The van der Waals surface area contributed by atoms with Crippen molar-refractivity contribution in [2.45, 2.75) is 0 Å². The number of non-ortho nitro benzene ring substituents is 1. The number of hydrogen-bond acceptors (Lipinski definition) is 7. The zero-order valence-electron chi connectivity index (χ0n) is 19.2. The minimum atomic E-state index is -0.755. The minimum absolute atomic E-state index is 0.162. The average molecular weight is 616 g/mol. The van der Waals surface area contributed by atoms with E-state index in [-0.39, 0.29) is 35.1 Å². The summed E-state index contributed by atoms with van der Waals surface area (Å²) in [7, 11) is 1.39. The molecular weight excluding hydrogens is 598 g/mol. The van der Waals surface area contributed by atoms with E-state index in [1.165, 1.54) is 67.8 Å². The molecule has 0 saturated carbocycles. The Morgan fingerprint density at radius 1 is 1.14 bits per heavy atom. The molecule has 0 radical (unpaired) electrons. The van der Waals surface area contributed by atoms with Crippen LogP contribution in [0, 0.1) is 30.8 Å². The molecule has 0 aliphatic carbocycles. The SMILES string of the molecule is COc1cc(/C=C(/C#N)C(=O)Nc2cccc([N+](=O)[O-])c2)cc(I)c1OCC(=O)Nc1ccc(F)cc1. The molecule has 3 aromatic rings. The van der Waals surface area contributed by atoms with Crippen LogP contribution in [0.1, 0.15) is 5.56 Å². The molecule has 0 fully saturated rings. The van der Waals surface area contributed by atoms with Crippen LogP contribution in [0.5, 0.6) is 11.5 Å². The lowest BCUT2D eigenvalue weighted by Gasteiger charge is -2.14. The molecule has 3 aromatic carbocycles. The maximum absolute atomic E-state index is 13.0. The molecule has 10 nitrogen and oxygen atoms in total. The Bertz CT molecular complexity index is 1420. The Kier molecular flexibility index (Phi) is 9.11. The van der Waals surface area contributed by atoms with E-state index in [2.05, 4.69) is 10.6 Å². The highest BCUT2D eigenvalue weighted by atomic mass is 127. The number of ether oxygens (including phenoxy) is 2. The lowest BCUT2D eigenvalue weighted by atomic mass is 10.1. The highest BCUT2D eigenvalue weighted by Crippen LogP contribution is 2.34. The highest BCUT2D eigenvalue weighted by Gasteiger charge is 2.16. The molecule has 0 aliphatic rings. The summed E-state index contributed by atoms with van der Waals surface area (Å²) in [6.45, 7) is -0.353. The topological polar surface area (TPSA) is 144 Å². The maximum Gasteiger partial charge on any atom is 0.271 e. The Balaban J connectivity index is 1.74. The quantitative estimate of drug-likeness (QED) is 0.114. The summed E-state index contributed by atoms with van der Waals surface area (Å²) < 4.78 is 24.5. The van der Waals surface area contributed by atoms with Crippen LogP contribution in [-0.4, -0.2) is 30.5 Å². The van der Waals surface area contributed by atoms with Crippen molar-refractivity contribution < 1.29 is 28.4 Å². The molecule has 0 saturated heterocycles. The van der Waals surface area contributed by atoms with Crippen molar-refractivity contribution in [3.8, 4) is 17.6 Å². The van der Waals surface area contributed by atoms with Gasteiger partial charge in [-0.05, 0) is 76.7 Å². The van der Waals surface area contributed by atoms with E-state index in [1.807, 2.05) is 28.7 Å². The molecule has 37 heavy (non-hydrogen) atoms. The van der Waals surface area contributed by atoms with E-state index >= 15 is 0 Å². The molecule has 2 amide bonds. The standard InChI is InChI=1S/C25H18FIN4O6/c1-36-22-11-15(9-16(13-28)25(33)30-19-3-2-4-20(12-19)31(34)35)10-21(27)24(22)37-14-23(32)29-18-7-5-17(26)6-8-18/h2-12H,14H2,1H3,(H,29,32)(H,30,33)/b16-9-. The predicted octanol–water partition coefficient (Wildman–Crippen LogP) is 4.91. The summed E-state index contributed by atoms with van der Waals surface area (Å²) in [4.78, 5) is 35.1. The van der Waals surface area contributed by atoms with Gasteiger partial charge in [0.25, 0.3) is 17.5 Å². The van der Waals surface area contributed by atoms with Crippen LogP contribution in [0.3, 0.4) is 0 Å². The molecular formula is C25H18FIN4O6.